The number of nitrogens with one attached hydrogen (secondary N) is 4. The van der Waals surface area contributed by atoms with E-state index in [0.717, 1.165) is 10.9 Å². The largest absolute Gasteiger partial charge is 0.481 e. The predicted octanol–water partition coefficient (Wildman–Crippen LogP) is -1.34. The van der Waals surface area contributed by atoms with Crippen LogP contribution in [-0.2, 0) is 35.2 Å². The number of aliphatic carboxylic acids is 3. The maximum atomic E-state index is 13.3. The molecule has 1 aromatic carbocycles. The molecule has 4 unspecified atom stereocenters. The lowest BCUT2D eigenvalue weighted by molar-refractivity contribution is -0.143. The highest BCUT2D eigenvalue weighted by Crippen LogP contribution is 2.19. The molecule has 2 aromatic rings. The molecule has 0 aliphatic heterocycles. The molecular weight excluding hydrogens is 528 g/mol. The molecule has 1 aromatic heterocycles. The summed E-state index contributed by atoms with van der Waals surface area (Å²) in [5.41, 5.74) is 12.4. The number of carboxylic acids is 3. The number of aromatic amines is 1. The molecular formula is C25H34N6O9. The zero-order valence-corrected chi connectivity index (χ0v) is 21.6. The molecule has 40 heavy (non-hydrogen) atoms. The van der Waals surface area contributed by atoms with Crippen molar-refractivity contribution >= 4 is 46.5 Å². The van der Waals surface area contributed by atoms with Crippen LogP contribution in [0.5, 0.6) is 0 Å². The summed E-state index contributed by atoms with van der Waals surface area (Å²) in [6, 6.07) is 1.19. The number of aromatic nitrogens is 1. The van der Waals surface area contributed by atoms with Gasteiger partial charge in [-0.15, -0.1) is 0 Å². The van der Waals surface area contributed by atoms with Crippen LogP contribution in [0.3, 0.4) is 0 Å². The number of nitrogens with two attached hydrogens (primary N) is 2. The van der Waals surface area contributed by atoms with Crippen LogP contribution in [0.4, 0.5) is 0 Å². The van der Waals surface area contributed by atoms with Crippen molar-refractivity contribution in [2.45, 2.75) is 62.7 Å². The van der Waals surface area contributed by atoms with E-state index in [9.17, 15) is 39.0 Å². The molecule has 15 heteroatoms. The van der Waals surface area contributed by atoms with E-state index in [2.05, 4.69) is 20.9 Å². The molecule has 218 valence electrons. The molecule has 0 saturated carbocycles. The minimum atomic E-state index is -1.68. The first kappa shape index (κ1) is 31.7. The van der Waals surface area contributed by atoms with E-state index in [4.69, 9.17) is 16.6 Å². The average Bonchev–Trinajstić information content (AvgIpc) is 3.29. The van der Waals surface area contributed by atoms with Crippen molar-refractivity contribution in [1.82, 2.24) is 20.9 Å². The highest BCUT2D eigenvalue weighted by molar-refractivity contribution is 5.96. The van der Waals surface area contributed by atoms with E-state index in [1.165, 1.54) is 0 Å². The Labute approximate surface area is 228 Å². The maximum Gasteiger partial charge on any atom is 0.326 e. The molecule has 1 heterocycles. The van der Waals surface area contributed by atoms with Gasteiger partial charge in [-0.2, -0.15) is 0 Å². The third kappa shape index (κ3) is 9.67. The van der Waals surface area contributed by atoms with Crippen molar-refractivity contribution in [1.29, 1.82) is 0 Å². The molecule has 0 aliphatic carbocycles. The van der Waals surface area contributed by atoms with Gasteiger partial charge in [-0.1, -0.05) is 18.2 Å². The normalized spacial score (nSPS) is 13.9. The Morgan fingerprint density at radius 3 is 2.02 bits per heavy atom. The molecule has 15 nitrogen and oxygen atoms in total. The van der Waals surface area contributed by atoms with Crippen LogP contribution in [0.1, 0.15) is 37.7 Å². The van der Waals surface area contributed by atoms with E-state index in [-0.39, 0.29) is 12.8 Å². The van der Waals surface area contributed by atoms with Gasteiger partial charge in [0.1, 0.15) is 18.1 Å². The lowest BCUT2D eigenvalue weighted by atomic mass is 10.0. The quantitative estimate of drug-likeness (QED) is 0.102. The van der Waals surface area contributed by atoms with Crippen molar-refractivity contribution in [2.75, 3.05) is 6.54 Å². The summed E-state index contributed by atoms with van der Waals surface area (Å²) in [6.07, 6.45) is 0.825. The van der Waals surface area contributed by atoms with Gasteiger partial charge >= 0.3 is 17.9 Å². The summed E-state index contributed by atoms with van der Waals surface area (Å²) in [6.45, 7) is 0.317. The molecule has 0 saturated heterocycles. The zero-order chi connectivity index (χ0) is 29.8. The number of amides is 3. The monoisotopic (exact) mass is 562 g/mol. The van der Waals surface area contributed by atoms with E-state index in [1.54, 1.807) is 30.5 Å². The maximum absolute atomic E-state index is 13.3. The first-order valence-corrected chi connectivity index (χ1v) is 12.5. The third-order valence-corrected chi connectivity index (χ3v) is 6.04. The predicted molar refractivity (Wildman–Crippen MR) is 141 cm³/mol. The number of carbonyl (C=O) groups excluding carboxylic acids is 3. The third-order valence-electron chi connectivity index (χ3n) is 6.04. The Hall–Kier alpha value is -4.50. The van der Waals surface area contributed by atoms with Crippen molar-refractivity contribution < 1.29 is 44.1 Å². The smallest absolute Gasteiger partial charge is 0.326 e. The number of hydrogen-bond acceptors (Lipinski definition) is 8. The first-order chi connectivity index (χ1) is 18.9. The standard InChI is InChI=1S/C25H34N6O9/c26-8-4-3-7-17(25(39)40)29-24(38)19(11-21(34)35)31-23(37)18(30-22(36)15(27)10-20(32)33)9-13-12-28-16-6-2-1-5-14(13)16/h1-2,5-6,12,15,17-19,28H,3-4,7-11,26-27H2,(H,29,38)(H,30,36)(H,31,37)(H,32,33)(H,34,35)(H,39,40). The van der Waals surface area contributed by atoms with Gasteiger partial charge in [0.05, 0.1) is 18.9 Å². The van der Waals surface area contributed by atoms with Gasteiger partial charge in [-0.05, 0) is 37.4 Å². The van der Waals surface area contributed by atoms with Gasteiger partial charge in [0.25, 0.3) is 0 Å². The molecule has 0 fully saturated rings. The fourth-order valence-electron chi connectivity index (χ4n) is 3.97. The van der Waals surface area contributed by atoms with Gasteiger partial charge in [0.15, 0.2) is 0 Å². The number of H-pyrrole nitrogens is 1. The Morgan fingerprint density at radius 2 is 1.40 bits per heavy atom. The first-order valence-electron chi connectivity index (χ1n) is 12.5. The Morgan fingerprint density at radius 1 is 0.800 bits per heavy atom. The van der Waals surface area contributed by atoms with Crippen LogP contribution < -0.4 is 27.4 Å². The summed E-state index contributed by atoms with van der Waals surface area (Å²) in [7, 11) is 0. The fourth-order valence-corrected chi connectivity index (χ4v) is 3.97. The van der Waals surface area contributed by atoms with Crippen molar-refractivity contribution in [3.05, 3.63) is 36.0 Å². The topological polar surface area (TPSA) is 267 Å². The number of hydrogen-bond donors (Lipinski definition) is 9. The van der Waals surface area contributed by atoms with Crippen LogP contribution in [0, 0.1) is 0 Å². The highest BCUT2D eigenvalue weighted by atomic mass is 16.4. The Bertz CT molecular complexity index is 1230. The van der Waals surface area contributed by atoms with E-state index in [0.29, 0.717) is 24.9 Å². The fraction of sp³-hybridized carbons (Fsp3) is 0.440. The van der Waals surface area contributed by atoms with Crippen LogP contribution in [-0.4, -0.2) is 86.6 Å². The van der Waals surface area contributed by atoms with Gasteiger partial charge in [0.2, 0.25) is 17.7 Å². The van der Waals surface area contributed by atoms with Crippen LogP contribution >= 0.6 is 0 Å². The van der Waals surface area contributed by atoms with Gasteiger partial charge < -0.3 is 47.7 Å². The average molecular weight is 563 g/mol. The number of fused-ring (bicyclic) bond motifs is 1. The second-order valence-electron chi connectivity index (χ2n) is 9.17. The number of rotatable bonds is 17. The van der Waals surface area contributed by atoms with Crippen molar-refractivity contribution in [2.24, 2.45) is 11.5 Å². The van der Waals surface area contributed by atoms with E-state index in [1.807, 2.05) is 0 Å². The Balaban J connectivity index is 2.28. The summed E-state index contributed by atoms with van der Waals surface area (Å²) < 4.78 is 0. The molecule has 0 aliphatic rings. The molecule has 0 radical (unpaired) electrons. The summed E-state index contributed by atoms with van der Waals surface area (Å²) in [5, 5.41) is 35.3. The summed E-state index contributed by atoms with van der Waals surface area (Å²) in [4.78, 5) is 75.8. The minimum Gasteiger partial charge on any atom is -0.481 e. The van der Waals surface area contributed by atoms with Gasteiger partial charge in [-0.25, -0.2) is 4.79 Å². The Kier molecular flexibility index (Phi) is 12.0. The molecule has 2 rings (SSSR count). The van der Waals surface area contributed by atoms with E-state index >= 15 is 0 Å². The van der Waals surface area contributed by atoms with Gasteiger partial charge in [-0.3, -0.25) is 24.0 Å². The number of carboxylic acid groups (broad SMARTS) is 3. The SMILES string of the molecule is NCCCCC(NC(=O)C(CC(=O)O)NC(=O)C(Cc1c[nH]c2ccccc12)NC(=O)C(N)CC(=O)O)C(=O)O. The zero-order valence-electron chi connectivity index (χ0n) is 21.6. The van der Waals surface area contributed by atoms with Crippen LogP contribution in [0.2, 0.25) is 0 Å². The summed E-state index contributed by atoms with van der Waals surface area (Å²) in [5.74, 6) is -7.09. The molecule has 11 N–H and O–H groups in total. The van der Waals surface area contributed by atoms with Crippen LogP contribution in [0.15, 0.2) is 30.5 Å². The second kappa shape index (κ2) is 15.2. The molecule has 3 amide bonds. The number of carbonyl (C=O) groups is 6. The highest BCUT2D eigenvalue weighted by Gasteiger charge is 2.32. The number of benzene rings is 1. The van der Waals surface area contributed by atoms with Crippen LogP contribution in [0.25, 0.3) is 10.9 Å². The second-order valence-corrected chi connectivity index (χ2v) is 9.17. The minimum absolute atomic E-state index is 0.0344. The molecule has 0 spiro atoms. The lowest BCUT2D eigenvalue weighted by Gasteiger charge is -2.24. The molecule has 4 atom stereocenters. The van der Waals surface area contributed by atoms with Crippen molar-refractivity contribution in [3.63, 3.8) is 0 Å². The van der Waals surface area contributed by atoms with Crippen molar-refractivity contribution in [3.8, 4) is 0 Å². The summed E-state index contributed by atoms with van der Waals surface area (Å²) >= 11 is 0. The van der Waals surface area contributed by atoms with Gasteiger partial charge in [0, 0.05) is 23.5 Å². The molecule has 0 bridgehead atoms. The lowest BCUT2D eigenvalue weighted by Crippen LogP contribution is -2.58. The number of para-hydroxylation sites is 1. The number of unbranched alkanes of at least 4 members (excludes halogenated alkanes) is 1. The van der Waals surface area contributed by atoms with E-state index < -0.39 is 72.6 Å².